The molecule has 0 aliphatic heterocycles. The topological polar surface area (TPSA) is 17.1 Å². The Morgan fingerprint density at radius 3 is 2.50 bits per heavy atom. The molecule has 0 aromatic heterocycles. The molecule has 1 aliphatic rings. The molecule has 10 heavy (non-hydrogen) atoms. The van der Waals surface area contributed by atoms with Crippen LogP contribution in [-0.4, -0.2) is 13.8 Å². The highest BCUT2D eigenvalue weighted by molar-refractivity contribution is 9.26. The number of alkyl halides is 3. The number of ketones is 1. The molecule has 58 valence electrons. The van der Waals surface area contributed by atoms with Gasteiger partial charge in [0.05, 0.1) is 4.83 Å². The lowest BCUT2D eigenvalue weighted by atomic mass is 9.99. The zero-order valence-corrected chi connectivity index (χ0v) is 10.00. The molecular weight excluding hydrogens is 328 g/mol. The Labute approximate surface area is 85.3 Å². The van der Waals surface area contributed by atoms with Crippen molar-refractivity contribution in [3.8, 4) is 0 Å². The molecule has 1 rings (SSSR count). The summed E-state index contributed by atoms with van der Waals surface area (Å²) < 4.78 is -0.452. The van der Waals surface area contributed by atoms with Crippen molar-refractivity contribution in [2.75, 3.05) is 0 Å². The average Bonchev–Trinajstić information content (AvgIpc) is 1.83. The summed E-state index contributed by atoms with van der Waals surface area (Å²) in [6.07, 6.45) is 2.92. The minimum Gasteiger partial charge on any atom is -0.296 e. The van der Waals surface area contributed by atoms with Gasteiger partial charge in [-0.15, -0.1) is 0 Å². The van der Waals surface area contributed by atoms with Crippen LogP contribution in [0.25, 0.3) is 0 Å². The number of Topliss-reactive ketones (excluding diaryl/α,β-unsaturated/α-hetero) is 1. The van der Waals surface area contributed by atoms with Crippen LogP contribution in [-0.2, 0) is 4.79 Å². The Morgan fingerprint density at radius 2 is 2.10 bits per heavy atom. The smallest absolute Gasteiger partial charge is 0.173 e. The fraction of sp³-hybridized carbons (Fsp3) is 0.833. The molecule has 0 N–H and O–H groups in total. The number of hydrogen-bond donors (Lipinski definition) is 0. The van der Waals surface area contributed by atoms with Crippen molar-refractivity contribution in [1.29, 1.82) is 0 Å². The molecule has 0 radical (unpaired) electrons. The van der Waals surface area contributed by atoms with E-state index in [9.17, 15) is 4.79 Å². The SMILES string of the molecule is O=C1C(Br)CCCC1(Br)Br. The zero-order valence-electron chi connectivity index (χ0n) is 5.24. The fourth-order valence-corrected chi connectivity index (χ4v) is 3.43. The standard InChI is InChI=1S/C6H7Br3O/c7-4-2-1-3-6(8,9)5(4)10/h4H,1-3H2. The van der Waals surface area contributed by atoms with Gasteiger partial charge in [-0.25, -0.2) is 0 Å². The molecule has 1 nitrogen and oxygen atoms in total. The molecule has 0 aromatic rings. The monoisotopic (exact) mass is 332 g/mol. The number of rotatable bonds is 0. The predicted molar refractivity (Wildman–Crippen MR) is 52.2 cm³/mol. The second-order valence-electron chi connectivity index (χ2n) is 2.43. The first-order chi connectivity index (χ1) is 4.54. The van der Waals surface area contributed by atoms with Gasteiger partial charge in [-0.2, -0.15) is 0 Å². The van der Waals surface area contributed by atoms with Crippen LogP contribution in [0.5, 0.6) is 0 Å². The van der Waals surface area contributed by atoms with Crippen molar-refractivity contribution < 1.29 is 4.79 Å². The third kappa shape index (κ3) is 1.83. The van der Waals surface area contributed by atoms with Crippen molar-refractivity contribution in [3.05, 3.63) is 0 Å². The molecule has 0 heterocycles. The quantitative estimate of drug-likeness (QED) is 0.622. The highest BCUT2D eigenvalue weighted by Crippen LogP contribution is 2.40. The summed E-state index contributed by atoms with van der Waals surface area (Å²) in [6, 6.07) is 0. The van der Waals surface area contributed by atoms with Crippen LogP contribution >= 0.6 is 47.8 Å². The molecule has 4 heteroatoms. The minimum atomic E-state index is -0.452. The molecule has 0 bridgehead atoms. The van der Waals surface area contributed by atoms with E-state index in [1.807, 2.05) is 0 Å². The lowest BCUT2D eigenvalue weighted by molar-refractivity contribution is -0.119. The maximum absolute atomic E-state index is 11.3. The minimum absolute atomic E-state index is 0.0278. The van der Waals surface area contributed by atoms with Crippen LogP contribution in [0, 0.1) is 0 Å². The van der Waals surface area contributed by atoms with E-state index >= 15 is 0 Å². The first-order valence-corrected chi connectivity index (χ1v) is 5.60. The van der Waals surface area contributed by atoms with Crippen LogP contribution in [0.3, 0.4) is 0 Å². The van der Waals surface area contributed by atoms with Gasteiger partial charge in [0.25, 0.3) is 0 Å². The third-order valence-corrected chi connectivity index (χ3v) is 4.04. The van der Waals surface area contributed by atoms with Crippen LogP contribution in [0.2, 0.25) is 0 Å². The predicted octanol–water partition coefficient (Wildman–Crippen LogP) is 2.99. The van der Waals surface area contributed by atoms with E-state index in [-0.39, 0.29) is 10.6 Å². The number of carbonyl (C=O) groups is 1. The molecule has 1 saturated carbocycles. The van der Waals surface area contributed by atoms with Gasteiger partial charge in [0.2, 0.25) is 0 Å². The van der Waals surface area contributed by atoms with Crippen molar-refractivity contribution >= 4 is 53.6 Å². The van der Waals surface area contributed by atoms with Crippen molar-refractivity contribution in [2.45, 2.75) is 27.3 Å². The van der Waals surface area contributed by atoms with Crippen molar-refractivity contribution in [1.82, 2.24) is 0 Å². The van der Waals surface area contributed by atoms with Gasteiger partial charge in [0.1, 0.15) is 3.23 Å². The average molecular weight is 335 g/mol. The van der Waals surface area contributed by atoms with Crippen LogP contribution < -0.4 is 0 Å². The van der Waals surface area contributed by atoms with E-state index in [1.165, 1.54) is 0 Å². The van der Waals surface area contributed by atoms with E-state index in [2.05, 4.69) is 47.8 Å². The Hall–Kier alpha value is 1.11. The Kier molecular flexibility index (Phi) is 2.97. The Morgan fingerprint density at radius 1 is 1.50 bits per heavy atom. The summed E-state index contributed by atoms with van der Waals surface area (Å²) in [4.78, 5) is 11.3. The summed E-state index contributed by atoms with van der Waals surface area (Å²) in [7, 11) is 0. The van der Waals surface area contributed by atoms with Gasteiger partial charge in [-0.3, -0.25) is 4.79 Å². The van der Waals surface area contributed by atoms with E-state index in [1.54, 1.807) is 0 Å². The summed E-state index contributed by atoms with van der Waals surface area (Å²) in [6.45, 7) is 0. The molecule has 1 unspecified atom stereocenters. The lowest BCUT2D eigenvalue weighted by Gasteiger charge is -2.27. The highest BCUT2D eigenvalue weighted by atomic mass is 79.9. The molecule has 0 saturated heterocycles. The third-order valence-electron chi connectivity index (χ3n) is 1.59. The van der Waals surface area contributed by atoms with Crippen LogP contribution in [0.15, 0.2) is 0 Å². The second-order valence-corrected chi connectivity index (χ2v) is 7.31. The molecule has 0 aromatic carbocycles. The Bertz CT molecular complexity index is 155. The normalized spacial score (nSPS) is 32.3. The number of carbonyl (C=O) groups excluding carboxylic acids is 1. The maximum Gasteiger partial charge on any atom is 0.173 e. The first-order valence-electron chi connectivity index (χ1n) is 3.10. The van der Waals surface area contributed by atoms with Gasteiger partial charge in [0.15, 0.2) is 5.78 Å². The van der Waals surface area contributed by atoms with Crippen LogP contribution in [0.1, 0.15) is 19.3 Å². The summed E-state index contributed by atoms with van der Waals surface area (Å²) >= 11 is 9.99. The van der Waals surface area contributed by atoms with Gasteiger partial charge >= 0.3 is 0 Å². The first kappa shape index (κ1) is 9.20. The second kappa shape index (κ2) is 3.23. The molecule has 1 atom stereocenters. The van der Waals surface area contributed by atoms with E-state index in [0.29, 0.717) is 0 Å². The molecule has 0 amide bonds. The van der Waals surface area contributed by atoms with Gasteiger partial charge in [-0.05, 0) is 19.3 Å². The fourth-order valence-electron chi connectivity index (χ4n) is 0.987. The summed E-state index contributed by atoms with van der Waals surface area (Å²) in [5.74, 6) is 0.207. The van der Waals surface area contributed by atoms with Gasteiger partial charge in [0, 0.05) is 0 Å². The van der Waals surface area contributed by atoms with E-state index in [4.69, 9.17) is 0 Å². The Balaban J connectivity index is 2.70. The van der Waals surface area contributed by atoms with E-state index < -0.39 is 3.23 Å². The molecule has 1 fully saturated rings. The molecular formula is C6H7Br3O. The van der Waals surface area contributed by atoms with Crippen molar-refractivity contribution in [3.63, 3.8) is 0 Å². The van der Waals surface area contributed by atoms with Crippen molar-refractivity contribution in [2.24, 2.45) is 0 Å². The molecule has 0 spiro atoms. The van der Waals surface area contributed by atoms with Gasteiger partial charge in [-0.1, -0.05) is 47.8 Å². The lowest BCUT2D eigenvalue weighted by Crippen LogP contribution is -2.36. The van der Waals surface area contributed by atoms with Gasteiger partial charge < -0.3 is 0 Å². The number of halogens is 3. The largest absolute Gasteiger partial charge is 0.296 e. The molecule has 1 aliphatic carbocycles. The maximum atomic E-state index is 11.3. The van der Waals surface area contributed by atoms with Crippen LogP contribution in [0.4, 0.5) is 0 Å². The number of hydrogen-bond acceptors (Lipinski definition) is 1. The summed E-state index contributed by atoms with van der Waals surface area (Å²) in [5.41, 5.74) is 0. The highest BCUT2D eigenvalue weighted by Gasteiger charge is 2.39. The zero-order chi connectivity index (χ0) is 7.78. The summed E-state index contributed by atoms with van der Waals surface area (Å²) in [5, 5.41) is 0. The van der Waals surface area contributed by atoms with E-state index in [0.717, 1.165) is 19.3 Å².